The molecule has 48 valence electrons. The molecule has 1 heterocycles. The van der Waals surface area contributed by atoms with Crippen LogP contribution in [0.2, 0.25) is 0 Å². The molecule has 0 aromatic carbocycles. The predicted octanol–water partition coefficient (Wildman–Crippen LogP) is -0.0569. The molecular formula is C6H14N2. The molecule has 2 heteroatoms. The number of rotatable bonds is 1. The molecule has 3 N–H and O–H groups in total. The third-order valence-electron chi connectivity index (χ3n) is 1.84. The van der Waals surface area contributed by atoms with Crippen LogP contribution in [0.4, 0.5) is 0 Å². The summed E-state index contributed by atoms with van der Waals surface area (Å²) in [5, 5.41) is 3.27. The molecule has 0 saturated carbocycles. The van der Waals surface area contributed by atoms with Crippen molar-refractivity contribution in [1.29, 1.82) is 0 Å². The number of hydrogen-bond acceptors (Lipinski definition) is 2. The third-order valence-corrected chi connectivity index (χ3v) is 1.84. The fourth-order valence-electron chi connectivity index (χ4n) is 1.13. The molecule has 8 heavy (non-hydrogen) atoms. The Labute approximate surface area is 50.4 Å². The van der Waals surface area contributed by atoms with Gasteiger partial charge < -0.3 is 11.1 Å². The highest BCUT2D eigenvalue weighted by molar-refractivity contribution is 4.77. The van der Waals surface area contributed by atoms with Crippen molar-refractivity contribution in [3.63, 3.8) is 0 Å². The van der Waals surface area contributed by atoms with Gasteiger partial charge in [-0.2, -0.15) is 0 Å². The summed E-state index contributed by atoms with van der Waals surface area (Å²) in [5.74, 6) is 0.731. The summed E-state index contributed by atoms with van der Waals surface area (Å²) in [6.07, 6.45) is 1.26. The van der Waals surface area contributed by atoms with Gasteiger partial charge in [0.15, 0.2) is 0 Å². The first-order valence-electron chi connectivity index (χ1n) is 3.27. The van der Waals surface area contributed by atoms with Crippen molar-refractivity contribution in [2.24, 2.45) is 11.7 Å². The molecule has 1 aliphatic rings. The van der Waals surface area contributed by atoms with E-state index < -0.39 is 0 Å². The lowest BCUT2D eigenvalue weighted by molar-refractivity contribution is 0.484. The van der Waals surface area contributed by atoms with Crippen molar-refractivity contribution in [3.05, 3.63) is 0 Å². The van der Waals surface area contributed by atoms with Crippen LogP contribution in [0.15, 0.2) is 0 Å². The minimum atomic E-state index is 0.380. The summed E-state index contributed by atoms with van der Waals surface area (Å²) in [6.45, 7) is 4.36. The quantitative estimate of drug-likeness (QED) is 0.501. The van der Waals surface area contributed by atoms with Crippen molar-refractivity contribution in [1.82, 2.24) is 5.32 Å². The maximum atomic E-state index is 5.66. The van der Waals surface area contributed by atoms with E-state index in [0.717, 1.165) is 19.0 Å². The van der Waals surface area contributed by atoms with Crippen molar-refractivity contribution >= 4 is 0 Å². The summed E-state index contributed by atoms with van der Waals surface area (Å²) < 4.78 is 0. The van der Waals surface area contributed by atoms with Crippen LogP contribution in [0, 0.1) is 5.92 Å². The minimum absolute atomic E-state index is 0.380. The molecular weight excluding hydrogens is 100 g/mol. The van der Waals surface area contributed by atoms with Gasteiger partial charge in [-0.15, -0.1) is 0 Å². The molecule has 0 bridgehead atoms. The summed E-state index contributed by atoms with van der Waals surface area (Å²) in [6, 6.07) is 0.380. The Balaban J connectivity index is 2.24. The van der Waals surface area contributed by atoms with E-state index in [4.69, 9.17) is 5.73 Å². The highest BCUT2D eigenvalue weighted by atomic mass is 14.9. The smallest absolute Gasteiger partial charge is 0.00513 e. The first kappa shape index (κ1) is 6.05. The van der Waals surface area contributed by atoms with E-state index in [1.54, 1.807) is 0 Å². The summed E-state index contributed by atoms with van der Waals surface area (Å²) in [4.78, 5) is 0. The van der Waals surface area contributed by atoms with E-state index >= 15 is 0 Å². The van der Waals surface area contributed by atoms with E-state index in [9.17, 15) is 0 Å². The first-order chi connectivity index (χ1) is 3.80. The molecule has 0 aromatic rings. The van der Waals surface area contributed by atoms with Gasteiger partial charge in [-0.1, -0.05) is 0 Å². The van der Waals surface area contributed by atoms with E-state index in [0.29, 0.717) is 6.04 Å². The molecule has 1 unspecified atom stereocenters. The van der Waals surface area contributed by atoms with E-state index in [2.05, 4.69) is 12.2 Å². The molecule has 1 saturated heterocycles. The molecule has 0 aliphatic carbocycles. The molecule has 1 rings (SSSR count). The van der Waals surface area contributed by atoms with Crippen LogP contribution < -0.4 is 11.1 Å². The summed E-state index contributed by atoms with van der Waals surface area (Å²) >= 11 is 0. The zero-order valence-corrected chi connectivity index (χ0v) is 5.35. The lowest BCUT2D eigenvalue weighted by atomic mass is 10.0. The third kappa shape index (κ3) is 1.20. The van der Waals surface area contributed by atoms with Crippen LogP contribution >= 0.6 is 0 Å². The van der Waals surface area contributed by atoms with Gasteiger partial charge in [0, 0.05) is 6.04 Å². The van der Waals surface area contributed by atoms with Gasteiger partial charge >= 0.3 is 0 Å². The standard InChI is InChI=1S/C6H14N2/c1-5(7)6-2-3-8-4-6/h5-6,8H,2-4,7H2,1H3/t5?,6-/m1/s1. The molecule has 0 amide bonds. The van der Waals surface area contributed by atoms with Gasteiger partial charge in [0.25, 0.3) is 0 Å². The van der Waals surface area contributed by atoms with E-state index in [1.807, 2.05) is 0 Å². The van der Waals surface area contributed by atoms with Crippen LogP contribution in [0.5, 0.6) is 0 Å². The molecule has 0 aromatic heterocycles. The normalized spacial score (nSPS) is 33.0. The Morgan fingerprint density at radius 3 is 2.75 bits per heavy atom. The SMILES string of the molecule is CC(N)[C@@H]1CCNC1. The fraction of sp³-hybridized carbons (Fsp3) is 1.00. The van der Waals surface area contributed by atoms with Crippen LogP contribution in [0.25, 0.3) is 0 Å². The van der Waals surface area contributed by atoms with Crippen LogP contribution in [0.3, 0.4) is 0 Å². The van der Waals surface area contributed by atoms with Gasteiger partial charge in [-0.05, 0) is 32.4 Å². The lowest BCUT2D eigenvalue weighted by Gasteiger charge is -2.10. The monoisotopic (exact) mass is 114 g/mol. The van der Waals surface area contributed by atoms with Crippen molar-refractivity contribution < 1.29 is 0 Å². The molecule has 1 aliphatic heterocycles. The van der Waals surface area contributed by atoms with E-state index in [-0.39, 0.29) is 0 Å². The summed E-state index contributed by atoms with van der Waals surface area (Å²) in [7, 11) is 0. The molecule has 2 atom stereocenters. The van der Waals surface area contributed by atoms with Gasteiger partial charge in [-0.25, -0.2) is 0 Å². The van der Waals surface area contributed by atoms with Crippen molar-refractivity contribution in [2.75, 3.05) is 13.1 Å². The second kappa shape index (κ2) is 2.46. The maximum absolute atomic E-state index is 5.66. The Morgan fingerprint density at radius 2 is 2.50 bits per heavy atom. The van der Waals surface area contributed by atoms with Gasteiger partial charge in [-0.3, -0.25) is 0 Å². The second-order valence-electron chi connectivity index (χ2n) is 2.61. The van der Waals surface area contributed by atoms with Gasteiger partial charge in [0.1, 0.15) is 0 Å². The molecule has 1 fully saturated rings. The lowest BCUT2D eigenvalue weighted by Crippen LogP contribution is -2.27. The van der Waals surface area contributed by atoms with Crippen molar-refractivity contribution in [3.8, 4) is 0 Å². The fourth-order valence-corrected chi connectivity index (χ4v) is 1.13. The van der Waals surface area contributed by atoms with E-state index in [1.165, 1.54) is 6.42 Å². The number of nitrogens with two attached hydrogens (primary N) is 1. The Bertz CT molecular complexity index is 64.9. The summed E-state index contributed by atoms with van der Waals surface area (Å²) in [5.41, 5.74) is 5.66. The molecule has 0 radical (unpaired) electrons. The Hall–Kier alpha value is -0.0800. The molecule has 2 nitrogen and oxygen atoms in total. The van der Waals surface area contributed by atoms with Crippen LogP contribution in [0.1, 0.15) is 13.3 Å². The van der Waals surface area contributed by atoms with Crippen molar-refractivity contribution in [2.45, 2.75) is 19.4 Å². The second-order valence-corrected chi connectivity index (χ2v) is 2.61. The van der Waals surface area contributed by atoms with Crippen LogP contribution in [-0.2, 0) is 0 Å². The first-order valence-corrected chi connectivity index (χ1v) is 3.27. The Kier molecular flexibility index (Phi) is 1.86. The Morgan fingerprint density at radius 1 is 1.75 bits per heavy atom. The topological polar surface area (TPSA) is 38.0 Å². The minimum Gasteiger partial charge on any atom is -0.328 e. The zero-order chi connectivity index (χ0) is 5.98. The highest BCUT2D eigenvalue weighted by Crippen LogP contribution is 2.09. The number of hydrogen-bond donors (Lipinski definition) is 2. The highest BCUT2D eigenvalue weighted by Gasteiger charge is 2.17. The predicted molar refractivity (Wildman–Crippen MR) is 34.6 cm³/mol. The maximum Gasteiger partial charge on any atom is 0.00513 e. The average Bonchev–Trinajstić information content (AvgIpc) is 2.12. The van der Waals surface area contributed by atoms with Crippen LogP contribution in [-0.4, -0.2) is 19.1 Å². The number of nitrogens with one attached hydrogen (secondary N) is 1. The van der Waals surface area contributed by atoms with Gasteiger partial charge in [0.05, 0.1) is 0 Å². The zero-order valence-electron chi connectivity index (χ0n) is 5.35. The average molecular weight is 114 g/mol. The molecule has 0 spiro atoms. The largest absolute Gasteiger partial charge is 0.328 e. The van der Waals surface area contributed by atoms with Gasteiger partial charge in [0.2, 0.25) is 0 Å².